The highest BCUT2D eigenvalue weighted by Gasteiger charge is 2.58. The number of nitrogens with zero attached hydrogens (tertiary/aromatic N) is 4. The van der Waals surface area contributed by atoms with E-state index in [0.717, 1.165) is 38.7 Å². The average molecular weight is 792 g/mol. The van der Waals surface area contributed by atoms with Gasteiger partial charge in [-0.25, -0.2) is 19.9 Å². The Labute approximate surface area is 266 Å². The monoisotopic (exact) mass is 788 g/mol. The average Bonchev–Trinajstić information content (AvgIpc) is 2.92. The second-order valence-corrected chi connectivity index (χ2v) is 14.7. The van der Waals surface area contributed by atoms with Crippen LogP contribution >= 0.6 is 63.7 Å². The summed E-state index contributed by atoms with van der Waals surface area (Å²) in [5, 5.41) is 0. The lowest BCUT2D eigenvalue weighted by Gasteiger charge is -2.63. The maximum atomic E-state index is 6.03. The molecule has 0 unspecified atom stereocenters. The van der Waals surface area contributed by atoms with Crippen molar-refractivity contribution in [1.29, 1.82) is 0 Å². The molecule has 4 aliphatic carbocycles. The molecule has 204 valence electrons. The van der Waals surface area contributed by atoms with Gasteiger partial charge in [0.25, 0.3) is 0 Å². The van der Waals surface area contributed by atoms with Gasteiger partial charge in [-0.1, -0.05) is 12.1 Å². The Morgan fingerprint density at radius 1 is 0.600 bits per heavy atom. The lowest BCUT2D eigenvalue weighted by atomic mass is 9.42. The van der Waals surface area contributed by atoms with Crippen LogP contribution < -0.4 is 9.47 Å². The number of aromatic nitrogens is 4. The van der Waals surface area contributed by atoms with Crippen molar-refractivity contribution in [2.24, 2.45) is 11.8 Å². The molecule has 2 aromatic heterocycles. The zero-order chi connectivity index (χ0) is 27.5. The van der Waals surface area contributed by atoms with Gasteiger partial charge in [0, 0.05) is 0 Å². The van der Waals surface area contributed by atoms with Gasteiger partial charge < -0.3 is 9.47 Å². The van der Waals surface area contributed by atoms with Gasteiger partial charge in [0.15, 0.2) is 0 Å². The molecule has 0 saturated heterocycles. The zero-order valence-electron chi connectivity index (χ0n) is 21.3. The number of halogens is 4. The van der Waals surface area contributed by atoms with E-state index in [4.69, 9.17) is 9.47 Å². The molecule has 10 heteroatoms. The molecule has 0 spiro atoms. The predicted molar refractivity (Wildman–Crippen MR) is 166 cm³/mol. The minimum absolute atomic E-state index is 0.164. The summed E-state index contributed by atoms with van der Waals surface area (Å²) in [5.41, 5.74) is 3.13. The van der Waals surface area contributed by atoms with Gasteiger partial charge in [-0.2, -0.15) is 0 Å². The molecule has 0 radical (unpaired) electrons. The first-order valence-electron chi connectivity index (χ1n) is 13.2. The first kappa shape index (κ1) is 27.0. The van der Waals surface area contributed by atoms with Crippen molar-refractivity contribution in [3.8, 4) is 23.3 Å². The molecule has 4 fully saturated rings. The van der Waals surface area contributed by atoms with E-state index in [1.807, 2.05) is 0 Å². The van der Waals surface area contributed by atoms with Crippen molar-refractivity contribution < 1.29 is 9.47 Å². The van der Waals surface area contributed by atoms with Crippen molar-refractivity contribution in [2.45, 2.75) is 49.4 Å². The van der Waals surface area contributed by atoms with E-state index in [1.165, 1.54) is 43.2 Å². The van der Waals surface area contributed by atoms with Crippen molar-refractivity contribution >= 4 is 63.7 Å². The second-order valence-electron chi connectivity index (χ2n) is 11.4. The fourth-order valence-electron chi connectivity index (χ4n) is 7.70. The van der Waals surface area contributed by atoms with Crippen molar-refractivity contribution in [1.82, 2.24) is 19.9 Å². The van der Waals surface area contributed by atoms with Crippen LogP contribution in [0.4, 0.5) is 0 Å². The molecule has 8 rings (SSSR count). The lowest BCUT2D eigenvalue weighted by molar-refractivity contribution is -0.0282. The van der Waals surface area contributed by atoms with Crippen LogP contribution in [0.2, 0.25) is 0 Å². The van der Waals surface area contributed by atoms with Crippen LogP contribution in [0.15, 0.2) is 79.3 Å². The number of hydrogen-bond donors (Lipinski definition) is 0. The summed E-state index contributed by atoms with van der Waals surface area (Å²) in [6.07, 6.45) is 14.0. The second kappa shape index (κ2) is 10.4. The van der Waals surface area contributed by atoms with Crippen LogP contribution in [-0.2, 0) is 10.8 Å². The minimum Gasteiger partial charge on any atom is -0.436 e. The van der Waals surface area contributed by atoms with Crippen LogP contribution in [0.3, 0.4) is 0 Å². The summed E-state index contributed by atoms with van der Waals surface area (Å²) in [5.74, 6) is 3.90. The maximum absolute atomic E-state index is 6.03. The third-order valence-corrected chi connectivity index (χ3v) is 10.8. The van der Waals surface area contributed by atoms with Crippen LogP contribution in [0.25, 0.3) is 0 Å². The van der Waals surface area contributed by atoms with Crippen molar-refractivity contribution in [2.75, 3.05) is 0 Å². The van der Waals surface area contributed by atoms with E-state index in [9.17, 15) is 0 Å². The SMILES string of the molecule is Brc1cnc(Oc2ccc(C34CC5CC(C3)CC(c3ccc(Oc6cnc(Br)cn6)c(Br)c3)(C5)C4)cc2Br)cn1. The summed E-state index contributed by atoms with van der Waals surface area (Å²) in [6, 6.07) is 13.2. The topological polar surface area (TPSA) is 70.0 Å². The third kappa shape index (κ3) is 5.03. The zero-order valence-corrected chi connectivity index (χ0v) is 27.6. The largest absolute Gasteiger partial charge is 0.436 e. The van der Waals surface area contributed by atoms with E-state index < -0.39 is 0 Å². The van der Waals surface area contributed by atoms with Crippen molar-refractivity contribution in [3.63, 3.8) is 0 Å². The number of hydrogen-bond acceptors (Lipinski definition) is 6. The highest BCUT2D eigenvalue weighted by Crippen LogP contribution is 2.66. The highest BCUT2D eigenvalue weighted by molar-refractivity contribution is 9.11. The van der Waals surface area contributed by atoms with E-state index >= 15 is 0 Å². The first-order chi connectivity index (χ1) is 19.3. The Hall–Kier alpha value is -1.88. The molecule has 2 aromatic carbocycles. The molecule has 40 heavy (non-hydrogen) atoms. The van der Waals surface area contributed by atoms with Crippen LogP contribution in [0.5, 0.6) is 23.3 Å². The van der Waals surface area contributed by atoms with Gasteiger partial charge >= 0.3 is 0 Å². The maximum Gasteiger partial charge on any atom is 0.237 e. The van der Waals surface area contributed by atoms with Gasteiger partial charge in [-0.05, 0) is 160 Å². The lowest BCUT2D eigenvalue weighted by Crippen LogP contribution is -2.55. The fourth-order valence-corrected chi connectivity index (χ4v) is 9.03. The van der Waals surface area contributed by atoms with E-state index in [2.05, 4.69) is 120 Å². The smallest absolute Gasteiger partial charge is 0.237 e. The van der Waals surface area contributed by atoms with Gasteiger partial charge in [0.2, 0.25) is 11.8 Å². The van der Waals surface area contributed by atoms with E-state index in [-0.39, 0.29) is 10.8 Å². The first-order valence-corrected chi connectivity index (χ1v) is 16.4. The normalized spacial score (nSPS) is 26.6. The van der Waals surface area contributed by atoms with Crippen LogP contribution in [0, 0.1) is 11.8 Å². The Kier molecular flexibility index (Phi) is 7.04. The van der Waals surface area contributed by atoms with Gasteiger partial charge in [0.1, 0.15) is 20.7 Å². The van der Waals surface area contributed by atoms with Crippen LogP contribution in [-0.4, -0.2) is 19.9 Å². The molecule has 6 nitrogen and oxygen atoms in total. The van der Waals surface area contributed by atoms with Gasteiger partial charge in [-0.3, -0.25) is 0 Å². The summed E-state index contributed by atoms with van der Waals surface area (Å²) in [6.45, 7) is 0. The minimum atomic E-state index is 0.164. The fraction of sp³-hybridized carbons (Fsp3) is 0.333. The summed E-state index contributed by atoms with van der Waals surface area (Å²) in [4.78, 5) is 17.0. The molecule has 4 saturated carbocycles. The Bertz CT molecular complexity index is 1450. The highest BCUT2D eigenvalue weighted by atomic mass is 79.9. The summed E-state index contributed by atoms with van der Waals surface area (Å²) >= 11 is 14.2. The summed E-state index contributed by atoms with van der Waals surface area (Å²) in [7, 11) is 0. The van der Waals surface area contributed by atoms with Crippen molar-refractivity contribution in [3.05, 3.63) is 90.5 Å². The Balaban J connectivity index is 1.17. The third-order valence-electron chi connectivity index (χ3n) is 8.77. The molecule has 0 N–H and O–H groups in total. The number of benzene rings is 2. The molecule has 2 heterocycles. The van der Waals surface area contributed by atoms with Gasteiger partial charge in [-0.15, -0.1) is 0 Å². The molecular formula is C30H24Br4N4O2. The van der Waals surface area contributed by atoms with Crippen LogP contribution in [0.1, 0.15) is 49.7 Å². The quantitative estimate of drug-likeness (QED) is 0.194. The Morgan fingerprint density at radius 2 is 1.05 bits per heavy atom. The molecule has 0 aliphatic heterocycles. The summed E-state index contributed by atoms with van der Waals surface area (Å²) < 4.78 is 15.3. The standard InChI is InChI=1S/C30H24Br4N4O2/c31-21-6-19(1-3-23(21)39-27-14-35-25(33)12-37-27)29-8-17-5-18(9-29)11-30(10-17,16-29)20-2-4-24(22(32)7-20)40-28-15-36-26(34)13-38-28/h1-4,6-7,12-15,17-18H,5,8-11,16H2. The predicted octanol–water partition coefficient (Wildman–Crippen LogP) is 9.69. The molecule has 0 amide bonds. The molecule has 0 atom stereocenters. The van der Waals surface area contributed by atoms with E-state index in [1.54, 1.807) is 24.8 Å². The van der Waals surface area contributed by atoms with E-state index in [0.29, 0.717) is 21.0 Å². The number of ether oxygens (including phenoxy) is 2. The molecule has 4 aliphatic rings. The number of rotatable bonds is 6. The van der Waals surface area contributed by atoms with Gasteiger partial charge in [0.05, 0.1) is 33.7 Å². The molecule has 4 aromatic rings. The molecule has 4 bridgehead atoms. The molecular weight excluding hydrogens is 768 g/mol. The Morgan fingerprint density at radius 3 is 1.43 bits per heavy atom.